The van der Waals surface area contributed by atoms with Gasteiger partial charge in [-0.1, -0.05) is 30.3 Å². The van der Waals surface area contributed by atoms with E-state index in [4.69, 9.17) is 5.73 Å². The molecule has 1 atom stereocenters. The number of carbonyl (C=O) groups is 1. The fraction of sp³-hybridized carbons (Fsp3) is 0.278. The Morgan fingerprint density at radius 3 is 2.62 bits per heavy atom. The lowest BCUT2D eigenvalue weighted by Crippen LogP contribution is -2.32. The summed E-state index contributed by atoms with van der Waals surface area (Å²) >= 11 is 0. The molecular formula is C18H23ClN6O. The van der Waals surface area contributed by atoms with Gasteiger partial charge in [0.2, 0.25) is 0 Å². The van der Waals surface area contributed by atoms with Gasteiger partial charge in [-0.15, -0.1) is 12.4 Å². The third-order valence-electron chi connectivity index (χ3n) is 4.30. The molecule has 7 nitrogen and oxygen atoms in total. The van der Waals surface area contributed by atoms with Gasteiger partial charge in [-0.2, -0.15) is 10.2 Å². The molecule has 0 aliphatic carbocycles. The number of nitrogens with two attached hydrogens (primary N) is 1. The van der Waals surface area contributed by atoms with Gasteiger partial charge in [-0.25, -0.2) is 0 Å². The molecule has 0 radical (unpaired) electrons. The quantitative estimate of drug-likeness (QED) is 0.637. The summed E-state index contributed by atoms with van der Waals surface area (Å²) in [5.74, 6) is -0.232. The van der Waals surface area contributed by atoms with Crippen LogP contribution in [0, 0.1) is 13.8 Å². The summed E-state index contributed by atoms with van der Waals surface area (Å²) in [7, 11) is 1.89. The van der Waals surface area contributed by atoms with Crippen LogP contribution in [0.1, 0.15) is 33.5 Å². The smallest absolute Gasteiger partial charge is 0.269 e. The van der Waals surface area contributed by atoms with Crippen LogP contribution in [0.5, 0.6) is 0 Å². The minimum Gasteiger partial charge on any atom is -0.349 e. The van der Waals surface area contributed by atoms with E-state index in [0.29, 0.717) is 17.9 Å². The topological polar surface area (TPSA) is 102 Å². The normalized spacial score (nSPS) is 11.7. The van der Waals surface area contributed by atoms with E-state index in [-0.39, 0.29) is 24.4 Å². The van der Waals surface area contributed by atoms with Crippen LogP contribution in [0.15, 0.2) is 36.4 Å². The monoisotopic (exact) mass is 374 g/mol. The Bertz CT molecular complexity index is 886. The number of halogens is 1. The number of hydrogen-bond acceptors (Lipinski definition) is 4. The van der Waals surface area contributed by atoms with Crippen LogP contribution in [0.2, 0.25) is 0 Å². The van der Waals surface area contributed by atoms with Crippen LogP contribution < -0.4 is 11.1 Å². The molecule has 0 saturated carbocycles. The van der Waals surface area contributed by atoms with E-state index in [1.165, 1.54) is 0 Å². The molecule has 0 fully saturated rings. The van der Waals surface area contributed by atoms with Crippen molar-refractivity contribution in [2.75, 3.05) is 6.54 Å². The first-order valence-corrected chi connectivity index (χ1v) is 8.12. The Morgan fingerprint density at radius 2 is 2.00 bits per heavy atom. The Labute approximate surface area is 158 Å². The molecule has 0 aliphatic heterocycles. The molecule has 8 heteroatoms. The van der Waals surface area contributed by atoms with Crippen LogP contribution in [0.25, 0.3) is 11.3 Å². The summed E-state index contributed by atoms with van der Waals surface area (Å²) in [6.07, 6.45) is 0. The largest absolute Gasteiger partial charge is 0.349 e. The highest BCUT2D eigenvalue weighted by atomic mass is 35.5. The lowest BCUT2D eigenvalue weighted by molar-refractivity contribution is 0.0946. The maximum atomic E-state index is 12.3. The van der Waals surface area contributed by atoms with Crippen molar-refractivity contribution in [3.05, 3.63) is 59.0 Å². The predicted octanol–water partition coefficient (Wildman–Crippen LogP) is 2.28. The average molecular weight is 375 g/mol. The van der Waals surface area contributed by atoms with Crippen molar-refractivity contribution in [3.8, 4) is 11.3 Å². The molecule has 1 aromatic carbocycles. The predicted molar refractivity (Wildman–Crippen MR) is 103 cm³/mol. The van der Waals surface area contributed by atoms with Gasteiger partial charge in [0.15, 0.2) is 0 Å². The van der Waals surface area contributed by atoms with Crippen molar-refractivity contribution in [1.29, 1.82) is 0 Å². The number of benzene rings is 1. The van der Waals surface area contributed by atoms with Crippen molar-refractivity contribution < 1.29 is 4.79 Å². The minimum absolute atomic E-state index is 0. The van der Waals surface area contributed by atoms with Crippen molar-refractivity contribution in [1.82, 2.24) is 25.3 Å². The molecule has 0 saturated heterocycles. The highest BCUT2D eigenvalue weighted by molar-refractivity contribution is 5.93. The molecule has 4 N–H and O–H groups in total. The van der Waals surface area contributed by atoms with Crippen LogP contribution in [-0.4, -0.2) is 32.4 Å². The van der Waals surface area contributed by atoms with Crippen LogP contribution in [-0.2, 0) is 7.05 Å². The molecule has 1 amide bonds. The number of rotatable bonds is 5. The van der Waals surface area contributed by atoms with Crippen molar-refractivity contribution in [2.24, 2.45) is 12.8 Å². The van der Waals surface area contributed by atoms with Gasteiger partial charge in [0, 0.05) is 30.9 Å². The number of aromatic nitrogens is 4. The second-order valence-corrected chi connectivity index (χ2v) is 6.06. The zero-order valence-electron chi connectivity index (χ0n) is 15.0. The molecule has 26 heavy (non-hydrogen) atoms. The van der Waals surface area contributed by atoms with Crippen molar-refractivity contribution in [3.63, 3.8) is 0 Å². The number of aromatic amines is 1. The lowest BCUT2D eigenvalue weighted by atomic mass is 10.1. The van der Waals surface area contributed by atoms with Gasteiger partial charge in [0.25, 0.3) is 5.91 Å². The van der Waals surface area contributed by atoms with Crippen LogP contribution in [0.4, 0.5) is 0 Å². The van der Waals surface area contributed by atoms with Gasteiger partial charge in [0.1, 0.15) is 5.69 Å². The van der Waals surface area contributed by atoms with Crippen molar-refractivity contribution in [2.45, 2.75) is 19.9 Å². The lowest BCUT2D eigenvalue weighted by Gasteiger charge is -2.12. The summed E-state index contributed by atoms with van der Waals surface area (Å²) in [4.78, 5) is 12.3. The first-order valence-electron chi connectivity index (χ1n) is 8.12. The van der Waals surface area contributed by atoms with Gasteiger partial charge >= 0.3 is 0 Å². The van der Waals surface area contributed by atoms with Gasteiger partial charge < -0.3 is 11.1 Å². The van der Waals surface area contributed by atoms with Gasteiger partial charge in [0.05, 0.1) is 11.4 Å². The maximum absolute atomic E-state index is 12.3. The van der Waals surface area contributed by atoms with E-state index in [1.807, 2.05) is 51.2 Å². The Kier molecular flexibility index (Phi) is 6.18. The summed E-state index contributed by atoms with van der Waals surface area (Å²) in [6, 6.07) is 11.2. The summed E-state index contributed by atoms with van der Waals surface area (Å²) in [5, 5.41) is 14.3. The number of aryl methyl sites for hydroxylation is 2. The first kappa shape index (κ1) is 19.7. The molecule has 1 unspecified atom stereocenters. The molecule has 0 bridgehead atoms. The molecule has 3 aromatic rings. The van der Waals surface area contributed by atoms with E-state index < -0.39 is 0 Å². The highest BCUT2D eigenvalue weighted by Gasteiger charge is 2.17. The molecule has 0 spiro atoms. The summed E-state index contributed by atoms with van der Waals surface area (Å²) in [5.41, 5.74) is 11.0. The number of H-pyrrole nitrogens is 1. The second-order valence-electron chi connectivity index (χ2n) is 6.06. The minimum atomic E-state index is -0.254. The number of amides is 1. The van der Waals surface area contributed by atoms with Gasteiger partial charge in [-0.05, 0) is 25.5 Å². The maximum Gasteiger partial charge on any atom is 0.269 e. The van der Waals surface area contributed by atoms with E-state index in [2.05, 4.69) is 20.6 Å². The molecule has 0 aliphatic rings. The van der Waals surface area contributed by atoms with E-state index in [9.17, 15) is 4.79 Å². The Morgan fingerprint density at radius 1 is 1.31 bits per heavy atom. The summed E-state index contributed by atoms with van der Waals surface area (Å²) < 4.78 is 1.80. The molecule has 3 rings (SSSR count). The fourth-order valence-corrected chi connectivity index (χ4v) is 2.83. The number of nitrogens with one attached hydrogen (secondary N) is 2. The molecule has 2 aromatic heterocycles. The van der Waals surface area contributed by atoms with Crippen molar-refractivity contribution >= 4 is 18.3 Å². The number of carbonyl (C=O) groups excluding carboxylic acids is 1. The first-order chi connectivity index (χ1) is 12.0. The average Bonchev–Trinajstić information content (AvgIpc) is 3.18. The van der Waals surface area contributed by atoms with Crippen LogP contribution in [0.3, 0.4) is 0 Å². The van der Waals surface area contributed by atoms with E-state index in [0.717, 1.165) is 22.5 Å². The third-order valence-corrected chi connectivity index (χ3v) is 4.30. The SMILES string of the molecule is Cc1nn(C)c(C)c1-c1cc(C(=O)NCC(N)c2ccccc2)[nH]n1.Cl. The second kappa shape index (κ2) is 8.16. The zero-order valence-corrected chi connectivity index (χ0v) is 15.8. The Hall–Kier alpha value is -2.64. The molecular weight excluding hydrogens is 352 g/mol. The molecule has 138 valence electrons. The summed E-state index contributed by atoms with van der Waals surface area (Å²) in [6.45, 7) is 4.25. The zero-order chi connectivity index (χ0) is 18.0. The molecule has 2 heterocycles. The van der Waals surface area contributed by atoms with Crippen LogP contribution >= 0.6 is 12.4 Å². The third kappa shape index (κ3) is 3.95. The fourth-order valence-electron chi connectivity index (χ4n) is 2.83. The van der Waals surface area contributed by atoms with Gasteiger partial charge in [-0.3, -0.25) is 14.6 Å². The van der Waals surface area contributed by atoms with E-state index >= 15 is 0 Å². The standard InChI is InChI=1S/C18H22N6O.ClH/c1-11-17(12(2)24(3)23-11)15-9-16(22-21-15)18(25)20-10-14(19)13-7-5-4-6-8-13;/h4-9,14H,10,19H2,1-3H3,(H,20,25)(H,21,22);1H. The van der Waals surface area contributed by atoms with E-state index in [1.54, 1.807) is 10.7 Å². The number of hydrogen-bond donors (Lipinski definition) is 3. The number of nitrogens with zero attached hydrogens (tertiary/aromatic N) is 3. The Balaban J connectivity index is 0.00000243. The highest BCUT2D eigenvalue weighted by Crippen LogP contribution is 2.25.